The van der Waals surface area contributed by atoms with Crippen LogP contribution in [-0.4, -0.2) is 9.19 Å². The van der Waals surface area contributed by atoms with Crippen molar-refractivity contribution in [1.29, 1.82) is 5.26 Å². The minimum Gasteiger partial charge on any atom is -0.264 e. The quantitative estimate of drug-likeness (QED) is 0.653. The van der Waals surface area contributed by atoms with Gasteiger partial charge in [-0.15, -0.1) is 0 Å². The van der Waals surface area contributed by atoms with E-state index in [0.29, 0.717) is 29.3 Å². The maximum Gasteiger partial charge on any atom is 0.0991 e. The van der Waals surface area contributed by atoms with Crippen molar-refractivity contribution in [2.24, 2.45) is 0 Å². The first kappa shape index (κ1) is 19.2. The van der Waals surface area contributed by atoms with Gasteiger partial charge in [-0.1, -0.05) is 35.9 Å². The lowest BCUT2D eigenvalue weighted by Gasteiger charge is -2.10. The third kappa shape index (κ3) is 5.73. The highest BCUT2D eigenvalue weighted by molar-refractivity contribution is 7.82. The van der Waals surface area contributed by atoms with E-state index in [1.54, 1.807) is 12.3 Å². The zero-order valence-corrected chi connectivity index (χ0v) is 16.1. The Kier molecular flexibility index (Phi) is 6.72. The molecule has 0 aliphatic carbocycles. The zero-order valence-electron chi connectivity index (χ0n) is 14.6. The van der Waals surface area contributed by atoms with Gasteiger partial charge in [0.05, 0.1) is 28.4 Å². The average Bonchev–Trinajstić information content (AvgIpc) is 2.68. The van der Waals surface area contributed by atoms with Crippen LogP contribution in [0.2, 0.25) is 5.02 Å². The second-order valence-electron chi connectivity index (χ2n) is 6.07. The Morgan fingerprint density at radius 2 is 1.89 bits per heavy atom. The number of halogens is 1. The predicted molar refractivity (Wildman–Crippen MR) is 108 cm³/mol. The highest BCUT2D eigenvalue weighted by Crippen LogP contribution is 2.15. The molecule has 0 fully saturated rings. The average molecular weight is 396 g/mol. The lowest BCUT2D eigenvalue weighted by molar-refractivity contribution is 0.671. The highest BCUT2D eigenvalue weighted by Gasteiger charge is 2.07. The largest absolute Gasteiger partial charge is 0.264 e. The van der Waals surface area contributed by atoms with Crippen LogP contribution in [-0.2, 0) is 29.7 Å². The molecule has 136 valence electrons. The summed E-state index contributed by atoms with van der Waals surface area (Å²) in [6, 6.07) is 18.9. The van der Waals surface area contributed by atoms with Crippen molar-refractivity contribution >= 4 is 22.6 Å². The van der Waals surface area contributed by atoms with Crippen LogP contribution in [0.4, 0.5) is 0 Å². The maximum absolute atomic E-state index is 12.3. The van der Waals surface area contributed by atoms with Crippen molar-refractivity contribution in [3.8, 4) is 6.07 Å². The molecule has 6 heteroatoms. The SMILES string of the molecule is N#Cc1ccc(Cc2cnccc2CNS(=O)Cc2cccc(Cl)c2)cc1. The first-order valence-corrected chi connectivity index (χ1v) is 10.1. The summed E-state index contributed by atoms with van der Waals surface area (Å²) in [6.07, 6.45) is 4.27. The molecule has 1 atom stereocenters. The number of benzene rings is 2. The molecule has 0 saturated heterocycles. The molecule has 1 N–H and O–H groups in total. The van der Waals surface area contributed by atoms with E-state index in [9.17, 15) is 4.21 Å². The summed E-state index contributed by atoms with van der Waals surface area (Å²) in [6.45, 7) is 0.487. The fraction of sp³-hybridized carbons (Fsp3) is 0.143. The summed E-state index contributed by atoms with van der Waals surface area (Å²) >= 11 is 5.97. The lowest BCUT2D eigenvalue weighted by atomic mass is 10.0. The normalized spacial score (nSPS) is 11.7. The van der Waals surface area contributed by atoms with E-state index < -0.39 is 11.0 Å². The molecule has 0 amide bonds. The fourth-order valence-electron chi connectivity index (χ4n) is 2.69. The summed E-state index contributed by atoms with van der Waals surface area (Å²) in [5, 5.41) is 9.54. The predicted octanol–water partition coefficient (Wildman–Crippen LogP) is 4.15. The smallest absolute Gasteiger partial charge is 0.0991 e. The Bertz CT molecular complexity index is 983. The Morgan fingerprint density at radius 3 is 2.63 bits per heavy atom. The standard InChI is InChI=1S/C21H18ClN3OS/c22-21-3-1-2-18(11-21)15-27(26)25-14-19-8-9-24-13-20(19)10-16-4-6-17(12-23)7-5-16/h1-9,11,13,25H,10,14-15H2. The number of pyridine rings is 1. The first-order valence-electron chi connectivity index (χ1n) is 8.41. The molecular weight excluding hydrogens is 378 g/mol. The lowest BCUT2D eigenvalue weighted by Crippen LogP contribution is -2.19. The second kappa shape index (κ2) is 9.43. The second-order valence-corrected chi connectivity index (χ2v) is 7.78. The topological polar surface area (TPSA) is 65.8 Å². The molecule has 4 nitrogen and oxygen atoms in total. The highest BCUT2D eigenvalue weighted by atomic mass is 35.5. The van der Waals surface area contributed by atoms with Crippen LogP contribution < -0.4 is 4.72 Å². The van der Waals surface area contributed by atoms with Crippen LogP contribution in [0.25, 0.3) is 0 Å². The summed E-state index contributed by atoms with van der Waals surface area (Å²) in [7, 11) is -1.20. The van der Waals surface area contributed by atoms with Crippen molar-refractivity contribution in [3.63, 3.8) is 0 Å². The van der Waals surface area contributed by atoms with Gasteiger partial charge in [-0.2, -0.15) is 5.26 Å². The Morgan fingerprint density at radius 1 is 1.07 bits per heavy atom. The van der Waals surface area contributed by atoms with Crippen molar-refractivity contribution < 1.29 is 4.21 Å². The fourth-order valence-corrected chi connectivity index (χ4v) is 3.81. The van der Waals surface area contributed by atoms with E-state index in [2.05, 4.69) is 15.8 Å². The van der Waals surface area contributed by atoms with Crippen molar-refractivity contribution in [1.82, 2.24) is 9.71 Å². The van der Waals surface area contributed by atoms with E-state index in [4.69, 9.17) is 16.9 Å². The Balaban J connectivity index is 1.63. The summed E-state index contributed by atoms with van der Waals surface area (Å²) in [5.41, 5.74) is 4.79. The number of hydrogen-bond acceptors (Lipinski definition) is 3. The van der Waals surface area contributed by atoms with E-state index >= 15 is 0 Å². The number of nitriles is 1. The van der Waals surface area contributed by atoms with Gasteiger partial charge in [0.1, 0.15) is 0 Å². The molecule has 0 aliphatic heterocycles. The van der Waals surface area contributed by atoms with Gasteiger partial charge in [-0.3, -0.25) is 4.98 Å². The van der Waals surface area contributed by atoms with Crippen LogP contribution in [0.5, 0.6) is 0 Å². The molecule has 27 heavy (non-hydrogen) atoms. The van der Waals surface area contributed by atoms with Crippen LogP contribution in [0.1, 0.15) is 27.8 Å². The molecule has 1 aromatic heterocycles. The first-order chi connectivity index (χ1) is 13.1. The van der Waals surface area contributed by atoms with Gasteiger partial charge in [-0.25, -0.2) is 8.93 Å². The van der Waals surface area contributed by atoms with E-state index in [0.717, 1.165) is 22.3 Å². The Hall–Kier alpha value is -2.52. The molecule has 2 aromatic carbocycles. The molecule has 0 radical (unpaired) electrons. The maximum atomic E-state index is 12.3. The van der Waals surface area contributed by atoms with Gasteiger partial charge >= 0.3 is 0 Å². The molecule has 0 spiro atoms. The summed E-state index contributed by atoms with van der Waals surface area (Å²) in [5.74, 6) is 0.399. The third-order valence-electron chi connectivity index (χ3n) is 4.09. The molecule has 3 aromatic rings. The zero-order chi connectivity index (χ0) is 19.1. The minimum atomic E-state index is -1.20. The van der Waals surface area contributed by atoms with Crippen molar-refractivity contribution in [2.45, 2.75) is 18.7 Å². The molecule has 0 bridgehead atoms. The Labute approximate surface area is 166 Å². The van der Waals surface area contributed by atoms with Gasteiger partial charge in [-0.05, 0) is 59.0 Å². The molecule has 1 unspecified atom stereocenters. The van der Waals surface area contributed by atoms with E-state index in [-0.39, 0.29) is 0 Å². The third-order valence-corrected chi connectivity index (χ3v) is 5.39. The van der Waals surface area contributed by atoms with Crippen molar-refractivity contribution in [3.05, 3.63) is 99.8 Å². The molecule has 0 aliphatic rings. The van der Waals surface area contributed by atoms with Gasteiger partial charge in [0.15, 0.2) is 0 Å². The van der Waals surface area contributed by atoms with E-state index in [1.165, 1.54) is 0 Å². The van der Waals surface area contributed by atoms with E-state index in [1.807, 2.05) is 54.7 Å². The molecule has 3 rings (SSSR count). The van der Waals surface area contributed by atoms with Gasteiger partial charge in [0, 0.05) is 24.0 Å². The number of aromatic nitrogens is 1. The summed E-state index contributed by atoms with van der Waals surface area (Å²) in [4.78, 5) is 4.21. The van der Waals surface area contributed by atoms with Crippen LogP contribution in [0, 0.1) is 11.3 Å². The van der Waals surface area contributed by atoms with Crippen LogP contribution >= 0.6 is 11.6 Å². The monoisotopic (exact) mass is 395 g/mol. The van der Waals surface area contributed by atoms with Crippen molar-refractivity contribution in [2.75, 3.05) is 0 Å². The number of rotatable bonds is 7. The minimum absolute atomic E-state index is 0.399. The number of nitrogens with zero attached hydrogens (tertiary/aromatic N) is 2. The van der Waals surface area contributed by atoms with Gasteiger partial charge < -0.3 is 0 Å². The van der Waals surface area contributed by atoms with Crippen LogP contribution in [0.15, 0.2) is 67.0 Å². The summed E-state index contributed by atoms with van der Waals surface area (Å²) < 4.78 is 15.4. The molecular formula is C21H18ClN3OS. The molecule has 1 heterocycles. The number of hydrogen-bond donors (Lipinski definition) is 1. The number of nitrogens with one attached hydrogen (secondary N) is 1. The van der Waals surface area contributed by atoms with Gasteiger partial charge in [0.25, 0.3) is 0 Å². The van der Waals surface area contributed by atoms with Gasteiger partial charge in [0.2, 0.25) is 0 Å². The van der Waals surface area contributed by atoms with Crippen LogP contribution in [0.3, 0.4) is 0 Å². The molecule has 0 saturated carbocycles.